The van der Waals surface area contributed by atoms with Crippen molar-refractivity contribution < 1.29 is 8.42 Å². The molecule has 2 rings (SSSR count). The molecule has 142 valence electrons. The van der Waals surface area contributed by atoms with Crippen LogP contribution in [0.4, 0.5) is 0 Å². The maximum Gasteiger partial charge on any atom is 0.218 e. The molecule has 1 heterocycles. The van der Waals surface area contributed by atoms with E-state index in [0.717, 1.165) is 30.6 Å². The van der Waals surface area contributed by atoms with Gasteiger partial charge in [-0.1, -0.05) is 24.3 Å². The van der Waals surface area contributed by atoms with E-state index in [4.69, 9.17) is 0 Å². The predicted octanol–water partition coefficient (Wildman–Crippen LogP) is 2.17. The molecule has 0 aliphatic carbocycles. The Balaban J connectivity index is 2.01. The van der Waals surface area contributed by atoms with E-state index in [1.807, 2.05) is 31.2 Å². The third-order valence-electron chi connectivity index (χ3n) is 5.08. The van der Waals surface area contributed by atoms with Crippen molar-refractivity contribution in [2.24, 2.45) is 0 Å². The second-order valence-corrected chi connectivity index (χ2v) is 9.56. The molecule has 0 saturated carbocycles. The molecule has 1 saturated heterocycles. The molecular weight excluding hydrogens is 334 g/mol. The first-order chi connectivity index (χ1) is 11.7. The highest BCUT2D eigenvalue weighted by Crippen LogP contribution is 2.22. The largest absolute Gasteiger partial charge is 0.309 e. The Morgan fingerprint density at radius 1 is 1.12 bits per heavy atom. The average Bonchev–Trinajstić information content (AvgIpc) is 2.51. The Kier molecular flexibility index (Phi) is 7.02. The average molecular weight is 368 g/mol. The highest BCUT2D eigenvalue weighted by molar-refractivity contribution is 7.88. The summed E-state index contributed by atoms with van der Waals surface area (Å²) < 4.78 is 27.5. The van der Waals surface area contributed by atoms with Gasteiger partial charge >= 0.3 is 0 Å². The number of sulfonamides is 1. The van der Waals surface area contributed by atoms with Crippen molar-refractivity contribution in [3.05, 3.63) is 35.4 Å². The lowest BCUT2D eigenvalue weighted by molar-refractivity contribution is 0.0739. The van der Waals surface area contributed by atoms with Gasteiger partial charge < -0.3 is 4.90 Å². The van der Waals surface area contributed by atoms with Crippen molar-refractivity contribution in [3.63, 3.8) is 0 Å². The van der Waals surface area contributed by atoms with Crippen LogP contribution in [0.3, 0.4) is 0 Å². The molecule has 1 aromatic rings. The summed E-state index contributed by atoms with van der Waals surface area (Å²) in [5.74, 6) is 0.0970. The minimum Gasteiger partial charge on any atom is -0.309 e. The fourth-order valence-corrected chi connectivity index (χ4v) is 5.39. The lowest BCUT2D eigenvalue weighted by Crippen LogP contribution is -2.58. The Morgan fingerprint density at radius 2 is 1.72 bits per heavy atom. The molecule has 1 aliphatic heterocycles. The smallest absolute Gasteiger partial charge is 0.218 e. The van der Waals surface area contributed by atoms with E-state index in [9.17, 15) is 8.42 Å². The number of benzene rings is 1. The van der Waals surface area contributed by atoms with Crippen LogP contribution in [0.25, 0.3) is 0 Å². The first kappa shape index (κ1) is 20.4. The molecule has 0 N–H and O–H groups in total. The van der Waals surface area contributed by atoms with E-state index in [1.54, 1.807) is 4.31 Å². The molecule has 25 heavy (non-hydrogen) atoms. The second-order valence-electron chi connectivity index (χ2n) is 7.59. The molecule has 0 spiro atoms. The van der Waals surface area contributed by atoms with Crippen LogP contribution < -0.4 is 0 Å². The van der Waals surface area contributed by atoms with Gasteiger partial charge in [0.25, 0.3) is 0 Å². The van der Waals surface area contributed by atoms with Gasteiger partial charge in [-0.25, -0.2) is 8.42 Å². The summed E-state index contributed by atoms with van der Waals surface area (Å²) in [4.78, 5) is 4.64. The minimum absolute atomic E-state index is 0.0970. The van der Waals surface area contributed by atoms with Crippen molar-refractivity contribution >= 4 is 10.0 Å². The van der Waals surface area contributed by atoms with Gasteiger partial charge in [-0.15, -0.1) is 0 Å². The first-order valence-corrected chi connectivity index (χ1v) is 10.7. The quantitative estimate of drug-likeness (QED) is 0.741. The van der Waals surface area contributed by atoms with Crippen molar-refractivity contribution in [2.75, 3.05) is 40.3 Å². The zero-order valence-electron chi connectivity index (χ0n) is 16.3. The van der Waals surface area contributed by atoms with Gasteiger partial charge in [0.15, 0.2) is 0 Å². The summed E-state index contributed by atoms with van der Waals surface area (Å²) in [5.41, 5.74) is 1.94. The van der Waals surface area contributed by atoms with Gasteiger partial charge in [-0.05, 0) is 59.0 Å². The molecule has 2 atom stereocenters. The van der Waals surface area contributed by atoms with Gasteiger partial charge in [0.1, 0.15) is 0 Å². The highest BCUT2D eigenvalue weighted by atomic mass is 32.2. The maximum absolute atomic E-state index is 12.9. The van der Waals surface area contributed by atoms with Gasteiger partial charge in [-0.3, -0.25) is 4.90 Å². The summed E-state index contributed by atoms with van der Waals surface area (Å²) >= 11 is 0. The summed E-state index contributed by atoms with van der Waals surface area (Å²) in [5, 5.41) is 0. The van der Waals surface area contributed by atoms with Crippen molar-refractivity contribution in [1.29, 1.82) is 0 Å². The van der Waals surface area contributed by atoms with Crippen LogP contribution in [-0.4, -0.2) is 74.9 Å². The fraction of sp³-hybridized carbons (Fsp3) is 0.684. The molecule has 1 aliphatic rings. The van der Waals surface area contributed by atoms with Crippen LogP contribution in [0.2, 0.25) is 0 Å². The zero-order chi connectivity index (χ0) is 18.6. The van der Waals surface area contributed by atoms with E-state index in [1.165, 1.54) is 0 Å². The Labute approximate surface area is 153 Å². The van der Waals surface area contributed by atoms with Crippen LogP contribution in [-0.2, 0) is 15.8 Å². The topological polar surface area (TPSA) is 43.9 Å². The number of hydrogen-bond donors (Lipinski definition) is 0. The van der Waals surface area contributed by atoms with Crippen molar-refractivity contribution in [2.45, 2.75) is 45.0 Å². The molecule has 1 aromatic carbocycles. The Bertz CT molecular complexity index is 648. The van der Waals surface area contributed by atoms with Crippen LogP contribution in [0.15, 0.2) is 24.3 Å². The molecule has 6 heteroatoms. The molecule has 0 bridgehead atoms. The molecule has 0 amide bonds. The summed E-state index contributed by atoms with van der Waals surface area (Å²) in [7, 11) is 0.889. The molecule has 0 radical (unpaired) electrons. The van der Waals surface area contributed by atoms with Crippen LogP contribution in [0, 0.1) is 6.92 Å². The van der Waals surface area contributed by atoms with E-state index >= 15 is 0 Å². The Morgan fingerprint density at radius 3 is 2.28 bits per heavy atom. The monoisotopic (exact) mass is 367 g/mol. The van der Waals surface area contributed by atoms with E-state index in [-0.39, 0.29) is 17.8 Å². The van der Waals surface area contributed by atoms with Gasteiger partial charge in [0, 0.05) is 31.7 Å². The third-order valence-corrected chi connectivity index (χ3v) is 6.84. The standard InChI is InChI=1S/C19H33N3O2S/c1-16-9-6-7-10-19(16)15-25(23,24)21-13-17(2)22(18(3)14-21)12-8-11-20(4)5/h6-7,9-10,17-18H,8,11-15H2,1-5H3. The fourth-order valence-electron chi connectivity index (χ4n) is 3.61. The number of nitrogens with zero attached hydrogens (tertiary/aromatic N) is 3. The molecule has 2 unspecified atom stereocenters. The van der Waals surface area contributed by atoms with Crippen molar-refractivity contribution in [1.82, 2.24) is 14.1 Å². The summed E-state index contributed by atoms with van der Waals surface area (Å²) in [6.07, 6.45) is 1.11. The van der Waals surface area contributed by atoms with E-state index in [2.05, 4.69) is 37.7 Å². The number of hydrogen-bond acceptors (Lipinski definition) is 4. The molecular formula is C19H33N3O2S. The normalized spacial score (nSPS) is 23.3. The van der Waals surface area contributed by atoms with Gasteiger partial charge in [0.05, 0.1) is 5.75 Å². The third kappa shape index (κ3) is 5.51. The van der Waals surface area contributed by atoms with Crippen molar-refractivity contribution in [3.8, 4) is 0 Å². The lowest BCUT2D eigenvalue weighted by atomic mass is 10.1. The molecule has 0 aromatic heterocycles. The molecule has 1 fully saturated rings. The van der Waals surface area contributed by atoms with Gasteiger partial charge in [0.2, 0.25) is 10.0 Å². The Hall–Kier alpha value is -0.950. The first-order valence-electron chi connectivity index (χ1n) is 9.13. The SMILES string of the molecule is Cc1ccccc1CS(=O)(=O)N1CC(C)N(CCCN(C)C)C(C)C1. The van der Waals surface area contributed by atoms with E-state index in [0.29, 0.717) is 13.1 Å². The predicted molar refractivity (Wildman–Crippen MR) is 104 cm³/mol. The number of aryl methyl sites for hydroxylation is 1. The summed E-state index contributed by atoms with van der Waals surface area (Å²) in [6.45, 7) is 9.50. The van der Waals surface area contributed by atoms with Crippen LogP contribution >= 0.6 is 0 Å². The minimum atomic E-state index is -3.28. The number of rotatable bonds is 7. The lowest BCUT2D eigenvalue weighted by Gasteiger charge is -2.44. The van der Waals surface area contributed by atoms with Crippen LogP contribution in [0.5, 0.6) is 0 Å². The maximum atomic E-state index is 12.9. The van der Waals surface area contributed by atoms with Crippen LogP contribution in [0.1, 0.15) is 31.4 Å². The second kappa shape index (κ2) is 8.62. The highest BCUT2D eigenvalue weighted by Gasteiger charge is 2.35. The number of piperazine rings is 1. The zero-order valence-corrected chi connectivity index (χ0v) is 17.1. The molecule has 5 nitrogen and oxygen atoms in total. The van der Waals surface area contributed by atoms with Gasteiger partial charge in [-0.2, -0.15) is 4.31 Å². The summed E-state index contributed by atoms with van der Waals surface area (Å²) in [6, 6.07) is 8.24. The van der Waals surface area contributed by atoms with E-state index < -0.39 is 10.0 Å².